The smallest absolute Gasteiger partial charge is 0.292 e. The molecule has 2 atom stereocenters. The molecular formula is C24H25ClFN5O3. The van der Waals surface area contributed by atoms with Crippen molar-refractivity contribution in [1.29, 1.82) is 0 Å². The molecule has 1 saturated heterocycles. The predicted octanol–water partition coefficient (Wildman–Crippen LogP) is 3.02. The first-order valence-electron chi connectivity index (χ1n) is 10.9. The van der Waals surface area contributed by atoms with E-state index in [0.717, 1.165) is 5.56 Å². The van der Waals surface area contributed by atoms with E-state index in [1.165, 1.54) is 31.4 Å². The van der Waals surface area contributed by atoms with Crippen molar-refractivity contribution in [2.24, 2.45) is 0 Å². The van der Waals surface area contributed by atoms with Crippen LogP contribution < -0.4 is 5.32 Å². The van der Waals surface area contributed by atoms with Gasteiger partial charge in [0, 0.05) is 45.0 Å². The molecule has 1 fully saturated rings. The van der Waals surface area contributed by atoms with Gasteiger partial charge in [-0.25, -0.2) is 9.37 Å². The minimum atomic E-state index is -0.773. The highest BCUT2D eigenvalue weighted by Crippen LogP contribution is 2.27. The molecule has 1 aliphatic rings. The summed E-state index contributed by atoms with van der Waals surface area (Å²) in [5.74, 6) is -2.14. The number of hydrogen-bond donors (Lipinski definition) is 2. The lowest BCUT2D eigenvalue weighted by Crippen LogP contribution is -2.57. The lowest BCUT2D eigenvalue weighted by atomic mass is 10.1. The summed E-state index contributed by atoms with van der Waals surface area (Å²) in [6.45, 7) is 5.70. The first-order chi connectivity index (χ1) is 16.2. The first-order valence-corrected chi connectivity index (χ1v) is 11.3. The number of carbonyl (C=O) groups excluding carboxylic acids is 3. The molecule has 0 spiro atoms. The van der Waals surface area contributed by atoms with Crippen LogP contribution in [0.2, 0.25) is 5.02 Å². The number of fused-ring (bicyclic) bond motifs is 1. The highest BCUT2D eigenvalue weighted by atomic mass is 35.5. The largest absolute Gasteiger partial charge is 0.359 e. The van der Waals surface area contributed by atoms with Crippen molar-refractivity contribution in [2.45, 2.75) is 32.5 Å². The number of benzene rings is 1. The van der Waals surface area contributed by atoms with Crippen molar-refractivity contribution in [1.82, 2.24) is 25.1 Å². The van der Waals surface area contributed by atoms with Crippen molar-refractivity contribution in [3.8, 4) is 0 Å². The van der Waals surface area contributed by atoms with Crippen LogP contribution in [0.3, 0.4) is 0 Å². The number of rotatable bonds is 5. The summed E-state index contributed by atoms with van der Waals surface area (Å²) in [6.07, 6.45) is 1.39. The molecule has 0 radical (unpaired) electrons. The molecule has 3 heterocycles. The molecule has 2 aromatic heterocycles. The van der Waals surface area contributed by atoms with E-state index in [0.29, 0.717) is 25.2 Å². The highest BCUT2D eigenvalue weighted by molar-refractivity contribution is 6.44. The molecule has 10 heteroatoms. The Balaban J connectivity index is 1.57. The standard InChI is InChI=1S/C24H25ClFN5O3/c1-13-11-31(14(2)10-30(13)12-15-4-6-16(26)7-5-15)24(34)21-18(25)8-19-20(29-21)17(9-28-19)22(32)23(33)27-3/h4-9,13-14,28H,10-12H2,1-3H3,(H,27,33)/t13-,14+/m0/s1. The van der Waals surface area contributed by atoms with E-state index in [2.05, 4.69) is 20.2 Å². The number of pyridine rings is 1. The summed E-state index contributed by atoms with van der Waals surface area (Å²) in [7, 11) is 1.37. The molecule has 3 aromatic rings. The monoisotopic (exact) mass is 485 g/mol. The lowest BCUT2D eigenvalue weighted by Gasteiger charge is -2.44. The van der Waals surface area contributed by atoms with E-state index >= 15 is 0 Å². The fraction of sp³-hybridized carbons (Fsp3) is 0.333. The number of amides is 2. The van der Waals surface area contributed by atoms with Crippen LogP contribution in [0, 0.1) is 5.82 Å². The summed E-state index contributed by atoms with van der Waals surface area (Å²) >= 11 is 6.39. The van der Waals surface area contributed by atoms with Gasteiger partial charge in [0.25, 0.3) is 17.6 Å². The minimum Gasteiger partial charge on any atom is -0.359 e. The summed E-state index contributed by atoms with van der Waals surface area (Å²) in [5.41, 5.74) is 1.78. The van der Waals surface area contributed by atoms with Gasteiger partial charge in [-0.15, -0.1) is 0 Å². The van der Waals surface area contributed by atoms with E-state index in [-0.39, 0.29) is 45.6 Å². The molecule has 34 heavy (non-hydrogen) atoms. The number of Topliss-reactive ketones (excluding diaryl/α,β-unsaturated/α-hetero) is 1. The molecule has 1 aromatic carbocycles. The molecule has 1 aliphatic heterocycles. The number of piperazine rings is 1. The van der Waals surface area contributed by atoms with Crippen molar-refractivity contribution in [3.05, 3.63) is 64.2 Å². The number of H-pyrrole nitrogens is 1. The summed E-state index contributed by atoms with van der Waals surface area (Å²) in [6, 6.07) is 7.86. The SMILES string of the molecule is CNC(=O)C(=O)c1c[nH]c2cc(Cl)c(C(=O)N3C[C@H](C)N(Cc4ccc(F)cc4)C[C@H]3C)nc12. The number of ketones is 1. The fourth-order valence-corrected chi connectivity index (χ4v) is 4.48. The average Bonchev–Trinajstić information content (AvgIpc) is 3.23. The Bertz CT molecular complexity index is 1260. The van der Waals surface area contributed by atoms with Crippen LogP contribution in [-0.4, -0.2) is 69.6 Å². The van der Waals surface area contributed by atoms with Gasteiger partial charge in [0.15, 0.2) is 0 Å². The number of aromatic amines is 1. The fourth-order valence-electron chi connectivity index (χ4n) is 4.24. The first kappa shape index (κ1) is 23.8. The van der Waals surface area contributed by atoms with Crippen LogP contribution in [0.5, 0.6) is 0 Å². The van der Waals surface area contributed by atoms with Gasteiger partial charge in [-0.2, -0.15) is 0 Å². The molecule has 0 aliphatic carbocycles. The molecular weight excluding hydrogens is 461 g/mol. The second kappa shape index (κ2) is 9.52. The van der Waals surface area contributed by atoms with Gasteiger partial charge < -0.3 is 15.2 Å². The van der Waals surface area contributed by atoms with Crippen LogP contribution >= 0.6 is 11.6 Å². The van der Waals surface area contributed by atoms with Gasteiger partial charge in [0.1, 0.15) is 17.0 Å². The van der Waals surface area contributed by atoms with Gasteiger partial charge in [0.2, 0.25) is 0 Å². The average molecular weight is 486 g/mol. The molecule has 0 saturated carbocycles. The topological polar surface area (TPSA) is 98.4 Å². The minimum absolute atomic E-state index is 0.0331. The highest BCUT2D eigenvalue weighted by Gasteiger charge is 2.34. The predicted molar refractivity (Wildman–Crippen MR) is 126 cm³/mol. The number of halogens is 2. The van der Waals surface area contributed by atoms with E-state index in [4.69, 9.17) is 11.6 Å². The molecule has 8 nitrogen and oxygen atoms in total. The van der Waals surface area contributed by atoms with Crippen molar-refractivity contribution < 1.29 is 18.8 Å². The van der Waals surface area contributed by atoms with E-state index < -0.39 is 11.7 Å². The second-order valence-corrected chi connectivity index (χ2v) is 8.94. The normalized spacial score (nSPS) is 18.8. The van der Waals surface area contributed by atoms with E-state index in [9.17, 15) is 18.8 Å². The molecule has 0 unspecified atom stereocenters. The Kier molecular flexibility index (Phi) is 6.67. The van der Waals surface area contributed by atoms with Crippen molar-refractivity contribution >= 4 is 40.2 Å². The third-order valence-electron chi connectivity index (χ3n) is 6.16. The van der Waals surface area contributed by atoms with Gasteiger partial charge in [-0.3, -0.25) is 19.3 Å². The van der Waals surface area contributed by atoms with Crippen LogP contribution in [0.15, 0.2) is 36.5 Å². The Morgan fingerprint density at radius 3 is 2.56 bits per heavy atom. The van der Waals surface area contributed by atoms with Crippen LogP contribution in [0.1, 0.15) is 40.3 Å². The number of hydrogen-bond acceptors (Lipinski definition) is 5. The third-order valence-corrected chi connectivity index (χ3v) is 6.45. The molecule has 2 amide bonds. The van der Waals surface area contributed by atoms with Gasteiger partial charge in [-0.1, -0.05) is 23.7 Å². The number of likely N-dealkylation sites (N-methyl/N-ethyl adjacent to an activating group) is 1. The van der Waals surface area contributed by atoms with Crippen LogP contribution in [-0.2, 0) is 11.3 Å². The number of nitrogens with zero attached hydrogens (tertiary/aromatic N) is 3. The zero-order valence-electron chi connectivity index (χ0n) is 19.1. The summed E-state index contributed by atoms with van der Waals surface area (Å²) < 4.78 is 13.2. The molecule has 178 valence electrons. The Morgan fingerprint density at radius 1 is 1.18 bits per heavy atom. The molecule has 2 N–H and O–H groups in total. The van der Waals surface area contributed by atoms with Gasteiger partial charge >= 0.3 is 0 Å². The Hall–Kier alpha value is -3.30. The maximum atomic E-state index is 13.5. The third kappa shape index (κ3) is 4.53. The van der Waals surface area contributed by atoms with Crippen LogP contribution in [0.25, 0.3) is 11.0 Å². The number of nitrogens with one attached hydrogen (secondary N) is 2. The maximum absolute atomic E-state index is 13.5. The summed E-state index contributed by atoms with van der Waals surface area (Å²) in [4.78, 5) is 48.9. The molecule has 4 rings (SSSR count). The number of aromatic nitrogens is 2. The second-order valence-electron chi connectivity index (χ2n) is 8.54. The van der Waals surface area contributed by atoms with Gasteiger partial charge in [0.05, 0.1) is 16.1 Å². The lowest BCUT2D eigenvalue weighted by molar-refractivity contribution is -0.116. The zero-order valence-corrected chi connectivity index (χ0v) is 19.8. The van der Waals surface area contributed by atoms with Gasteiger partial charge in [-0.05, 0) is 37.6 Å². The molecule has 0 bridgehead atoms. The van der Waals surface area contributed by atoms with Crippen LogP contribution in [0.4, 0.5) is 4.39 Å². The Morgan fingerprint density at radius 2 is 1.88 bits per heavy atom. The number of carbonyl (C=O) groups is 3. The van der Waals surface area contributed by atoms with E-state index in [1.54, 1.807) is 17.0 Å². The Labute approximate surface area is 201 Å². The van der Waals surface area contributed by atoms with Crippen molar-refractivity contribution in [3.63, 3.8) is 0 Å². The quantitative estimate of drug-likeness (QED) is 0.427. The zero-order chi connectivity index (χ0) is 24.6. The maximum Gasteiger partial charge on any atom is 0.292 e. The van der Waals surface area contributed by atoms with Crippen molar-refractivity contribution in [2.75, 3.05) is 20.1 Å². The summed E-state index contributed by atoms with van der Waals surface area (Å²) in [5, 5.41) is 2.46. The van der Waals surface area contributed by atoms with E-state index in [1.807, 2.05) is 13.8 Å².